The van der Waals surface area contributed by atoms with Gasteiger partial charge in [-0.1, -0.05) is 12.1 Å². The molecule has 3 aromatic heterocycles. The van der Waals surface area contributed by atoms with E-state index >= 15 is 0 Å². The van der Waals surface area contributed by atoms with Gasteiger partial charge in [-0.25, -0.2) is 19.0 Å². The van der Waals surface area contributed by atoms with Crippen LogP contribution in [-0.2, 0) is 6.54 Å². The van der Waals surface area contributed by atoms with Gasteiger partial charge in [0.05, 0.1) is 17.7 Å². The number of nitrogens with zero attached hydrogens (tertiary/aromatic N) is 5. The molecule has 5 aromatic rings. The summed E-state index contributed by atoms with van der Waals surface area (Å²) in [5.74, 6) is 1.58. The Labute approximate surface area is 184 Å². The van der Waals surface area contributed by atoms with E-state index in [0.29, 0.717) is 5.82 Å². The van der Waals surface area contributed by atoms with Crippen LogP contribution >= 0.6 is 0 Å². The first kappa shape index (κ1) is 19.0. The summed E-state index contributed by atoms with van der Waals surface area (Å²) in [7, 11) is 0. The van der Waals surface area contributed by atoms with Crippen molar-refractivity contribution in [2.75, 3.05) is 0 Å². The molecule has 1 atom stereocenters. The van der Waals surface area contributed by atoms with Crippen molar-refractivity contribution >= 4 is 10.9 Å². The minimum Gasteiger partial charge on any atom is -0.352 e. The summed E-state index contributed by atoms with van der Waals surface area (Å²) in [6, 6.07) is 13.4. The zero-order valence-electron chi connectivity index (χ0n) is 18.0. The molecule has 0 radical (unpaired) electrons. The van der Waals surface area contributed by atoms with Crippen LogP contribution in [0, 0.1) is 19.7 Å². The fraction of sp³-hybridized carbons (Fsp3) is 0.240. The summed E-state index contributed by atoms with van der Waals surface area (Å²) in [6.07, 6.45) is 5.85. The minimum absolute atomic E-state index is 0.131. The highest BCUT2D eigenvalue weighted by Gasteiger charge is 2.27. The molecular weight excluding hydrogens is 403 g/mol. The summed E-state index contributed by atoms with van der Waals surface area (Å²) in [5, 5.41) is 5.92. The number of fused-ring (bicyclic) bond motifs is 2. The maximum Gasteiger partial charge on any atom is 0.197 e. The number of aromatic amines is 1. The van der Waals surface area contributed by atoms with Crippen LogP contribution in [0.1, 0.15) is 41.4 Å². The maximum atomic E-state index is 13.6. The molecule has 0 spiro atoms. The van der Waals surface area contributed by atoms with Crippen LogP contribution in [0.25, 0.3) is 28.1 Å². The molecule has 2 aromatic carbocycles. The number of imidazole rings is 1. The largest absolute Gasteiger partial charge is 0.352 e. The Morgan fingerprint density at radius 1 is 1.09 bits per heavy atom. The lowest BCUT2D eigenvalue weighted by atomic mass is 9.88. The quantitative estimate of drug-likeness (QED) is 0.426. The number of hydrogen-bond acceptors (Lipinski definition) is 3. The van der Waals surface area contributed by atoms with Crippen LogP contribution in [0.4, 0.5) is 4.39 Å². The van der Waals surface area contributed by atoms with Gasteiger partial charge in [0.15, 0.2) is 5.82 Å². The van der Waals surface area contributed by atoms with E-state index in [0.717, 1.165) is 64.3 Å². The maximum absolute atomic E-state index is 13.6. The lowest BCUT2D eigenvalue weighted by Crippen LogP contribution is -2.18. The highest BCUT2D eigenvalue weighted by molar-refractivity contribution is 5.86. The lowest BCUT2D eigenvalue weighted by molar-refractivity contribution is 0.445. The molecule has 0 amide bonds. The predicted octanol–water partition coefficient (Wildman–Crippen LogP) is 5.29. The zero-order chi connectivity index (χ0) is 21.8. The summed E-state index contributed by atoms with van der Waals surface area (Å²) < 4.78 is 17.7. The number of halogens is 1. The Morgan fingerprint density at radius 3 is 2.81 bits per heavy atom. The summed E-state index contributed by atoms with van der Waals surface area (Å²) in [4.78, 5) is 12.7. The van der Waals surface area contributed by atoms with Gasteiger partial charge in [0.2, 0.25) is 0 Å². The van der Waals surface area contributed by atoms with Crippen molar-refractivity contribution in [1.82, 2.24) is 29.3 Å². The SMILES string of the molecule is Cc1cn(-c2ccc3cc(-c4nc5n(n4)CCCC5c4ccc(F)cc4C)[nH]c3c2)cn1. The number of H-pyrrole nitrogens is 1. The van der Waals surface area contributed by atoms with E-state index in [2.05, 4.69) is 34.2 Å². The monoisotopic (exact) mass is 426 g/mol. The van der Waals surface area contributed by atoms with E-state index < -0.39 is 0 Å². The van der Waals surface area contributed by atoms with Gasteiger partial charge in [0.25, 0.3) is 0 Å². The second-order valence-corrected chi connectivity index (χ2v) is 8.59. The number of nitrogens with one attached hydrogen (secondary N) is 1. The molecular formula is C25H23FN6. The van der Waals surface area contributed by atoms with Crippen LogP contribution in [0.5, 0.6) is 0 Å². The zero-order valence-corrected chi connectivity index (χ0v) is 18.0. The van der Waals surface area contributed by atoms with Gasteiger partial charge in [0.1, 0.15) is 11.6 Å². The smallest absolute Gasteiger partial charge is 0.197 e. The number of rotatable bonds is 3. The third kappa shape index (κ3) is 3.12. The van der Waals surface area contributed by atoms with E-state index in [4.69, 9.17) is 10.1 Å². The Hall–Kier alpha value is -3.74. The van der Waals surface area contributed by atoms with Crippen LogP contribution in [0.2, 0.25) is 0 Å². The molecule has 4 heterocycles. The van der Waals surface area contributed by atoms with Crippen molar-refractivity contribution in [2.24, 2.45) is 0 Å². The van der Waals surface area contributed by atoms with Crippen LogP contribution in [-0.4, -0.2) is 29.3 Å². The molecule has 7 heteroatoms. The van der Waals surface area contributed by atoms with Crippen molar-refractivity contribution in [3.8, 4) is 17.2 Å². The van der Waals surface area contributed by atoms with Crippen molar-refractivity contribution in [3.05, 3.63) is 83.5 Å². The van der Waals surface area contributed by atoms with Gasteiger partial charge in [0, 0.05) is 35.2 Å². The van der Waals surface area contributed by atoms with Crippen molar-refractivity contribution in [3.63, 3.8) is 0 Å². The summed E-state index contributed by atoms with van der Waals surface area (Å²) in [6.45, 7) is 4.80. The first-order valence-electron chi connectivity index (χ1n) is 10.9. The highest BCUT2D eigenvalue weighted by Crippen LogP contribution is 2.35. The van der Waals surface area contributed by atoms with Crippen molar-refractivity contribution < 1.29 is 4.39 Å². The average molecular weight is 426 g/mol. The topological polar surface area (TPSA) is 64.3 Å². The normalized spacial score (nSPS) is 15.9. The van der Waals surface area contributed by atoms with Crippen molar-refractivity contribution in [2.45, 2.75) is 39.2 Å². The fourth-order valence-corrected chi connectivity index (χ4v) is 4.75. The van der Waals surface area contributed by atoms with Gasteiger partial charge >= 0.3 is 0 Å². The van der Waals surface area contributed by atoms with Gasteiger partial charge in [-0.15, -0.1) is 5.10 Å². The van der Waals surface area contributed by atoms with Crippen LogP contribution < -0.4 is 0 Å². The second-order valence-electron chi connectivity index (χ2n) is 8.59. The van der Waals surface area contributed by atoms with Gasteiger partial charge in [-0.05, 0) is 68.1 Å². The van der Waals surface area contributed by atoms with Crippen LogP contribution in [0.15, 0.2) is 55.0 Å². The minimum atomic E-state index is -0.201. The summed E-state index contributed by atoms with van der Waals surface area (Å²) in [5.41, 5.74) is 6.05. The molecule has 6 nitrogen and oxygen atoms in total. The molecule has 32 heavy (non-hydrogen) atoms. The Kier molecular flexibility index (Phi) is 4.24. The highest BCUT2D eigenvalue weighted by atomic mass is 19.1. The lowest BCUT2D eigenvalue weighted by Gasteiger charge is -2.23. The molecule has 1 unspecified atom stereocenters. The number of aryl methyl sites for hydroxylation is 3. The molecule has 1 aliphatic heterocycles. The Bertz CT molecular complexity index is 1460. The van der Waals surface area contributed by atoms with Crippen LogP contribution in [0.3, 0.4) is 0 Å². The standard InChI is InChI=1S/C25H23FN6/c1-15-10-18(26)6-8-20(15)21-4-3-9-32-25(21)29-24(30-32)23-11-17-5-7-19(12-22(17)28-23)31-13-16(2)27-14-31/h5-8,10-14,21,28H,3-4,9H2,1-2H3. The van der Waals surface area contributed by atoms with E-state index in [-0.39, 0.29) is 11.7 Å². The van der Waals surface area contributed by atoms with E-state index in [1.807, 2.05) is 41.7 Å². The first-order chi connectivity index (χ1) is 15.5. The third-order valence-electron chi connectivity index (χ3n) is 6.34. The van der Waals surface area contributed by atoms with E-state index in [1.165, 1.54) is 6.07 Å². The fourth-order valence-electron chi connectivity index (χ4n) is 4.75. The van der Waals surface area contributed by atoms with Gasteiger partial charge in [-0.2, -0.15) is 0 Å². The predicted molar refractivity (Wildman–Crippen MR) is 121 cm³/mol. The molecule has 0 saturated carbocycles. The number of aromatic nitrogens is 6. The molecule has 6 rings (SSSR count). The Balaban J connectivity index is 1.39. The molecule has 1 N–H and O–H groups in total. The molecule has 0 aliphatic carbocycles. The third-order valence-corrected chi connectivity index (χ3v) is 6.34. The average Bonchev–Trinajstić information content (AvgIpc) is 3.50. The van der Waals surface area contributed by atoms with Crippen molar-refractivity contribution in [1.29, 1.82) is 0 Å². The molecule has 0 saturated heterocycles. The molecule has 0 fully saturated rings. The van der Waals surface area contributed by atoms with Gasteiger partial charge in [-0.3, -0.25) is 0 Å². The summed E-state index contributed by atoms with van der Waals surface area (Å²) >= 11 is 0. The number of benzene rings is 2. The number of hydrogen-bond donors (Lipinski definition) is 1. The molecule has 1 aliphatic rings. The molecule has 0 bridgehead atoms. The Morgan fingerprint density at radius 2 is 2.00 bits per heavy atom. The second kappa shape index (κ2) is 7.15. The van der Waals surface area contributed by atoms with E-state index in [9.17, 15) is 4.39 Å². The molecule has 160 valence electrons. The van der Waals surface area contributed by atoms with E-state index in [1.54, 1.807) is 6.07 Å². The first-order valence-corrected chi connectivity index (χ1v) is 10.9. The van der Waals surface area contributed by atoms with Gasteiger partial charge < -0.3 is 9.55 Å².